The summed E-state index contributed by atoms with van der Waals surface area (Å²) in [6.45, 7) is 3.29. The van der Waals surface area contributed by atoms with Gasteiger partial charge in [0, 0.05) is 0 Å². The van der Waals surface area contributed by atoms with Gasteiger partial charge in [-0.15, -0.1) is 0 Å². The molecule has 4 nitrogen and oxygen atoms in total. The Kier molecular flexibility index (Phi) is 5.04. The predicted molar refractivity (Wildman–Crippen MR) is 45.0 cm³/mol. The van der Waals surface area contributed by atoms with Crippen LogP contribution in [0.25, 0.3) is 0 Å². The molecule has 0 saturated heterocycles. The average Bonchev–Trinajstić information content (AvgIpc) is 2.11. The van der Waals surface area contributed by atoms with E-state index in [9.17, 15) is 18.4 Å². The number of carbonyl (C=O) groups is 2. The van der Waals surface area contributed by atoms with E-state index in [2.05, 4.69) is 0 Å². The molecule has 0 aliphatic heterocycles. The van der Waals surface area contributed by atoms with Gasteiger partial charge in [0.05, 0.1) is 0 Å². The fraction of sp³-hybridized carbons (Fsp3) is 0.750. The van der Waals surface area contributed by atoms with Crippen LogP contribution in [0.4, 0.5) is 8.78 Å². The van der Waals surface area contributed by atoms with Crippen LogP contribution in [0.3, 0.4) is 0 Å². The van der Waals surface area contributed by atoms with Crippen LogP contribution >= 0.6 is 0 Å². The maximum atomic E-state index is 11.8. The molecule has 0 saturated carbocycles. The van der Waals surface area contributed by atoms with Crippen LogP contribution in [-0.4, -0.2) is 29.5 Å². The first kappa shape index (κ1) is 12.8. The summed E-state index contributed by atoms with van der Waals surface area (Å²) in [6, 6.07) is -1.25. The topological polar surface area (TPSA) is 66.4 Å². The van der Waals surface area contributed by atoms with E-state index >= 15 is 0 Å². The van der Waals surface area contributed by atoms with E-state index < -0.39 is 24.3 Å². The third-order valence-corrected chi connectivity index (χ3v) is 1.97. The van der Waals surface area contributed by atoms with Crippen molar-refractivity contribution in [2.45, 2.75) is 32.7 Å². The molecular weight excluding hydrogens is 196 g/mol. The zero-order valence-corrected chi connectivity index (χ0v) is 7.96. The number of carboxylic acids is 1. The van der Waals surface area contributed by atoms with E-state index in [-0.39, 0.29) is 5.92 Å². The summed E-state index contributed by atoms with van der Waals surface area (Å²) in [5, 5.41) is 10.4. The highest BCUT2D eigenvalue weighted by Gasteiger charge is 2.28. The molecule has 0 fully saturated rings. The Morgan fingerprint density at radius 3 is 2.21 bits per heavy atom. The number of hydrogen-bond donors (Lipinski definition) is 2. The third-order valence-electron chi connectivity index (χ3n) is 1.97. The number of alkyl halides is 2. The second-order valence-electron chi connectivity index (χ2n) is 3.01. The van der Waals surface area contributed by atoms with Gasteiger partial charge in [0.1, 0.15) is 6.04 Å². The minimum absolute atomic E-state index is 0.379. The first-order valence-electron chi connectivity index (χ1n) is 4.21. The molecule has 0 bridgehead atoms. The lowest BCUT2D eigenvalue weighted by Crippen LogP contribution is -2.47. The zero-order valence-electron chi connectivity index (χ0n) is 7.96. The molecule has 1 amide bonds. The second-order valence-corrected chi connectivity index (χ2v) is 3.01. The Bertz CT molecular complexity index is 221. The molecule has 0 rings (SSSR count). The first-order chi connectivity index (χ1) is 6.40. The maximum absolute atomic E-state index is 11.8. The van der Waals surface area contributed by atoms with Crippen molar-refractivity contribution in [2.75, 3.05) is 0 Å². The summed E-state index contributed by atoms with van der Waals surface area (Å²) in [5.41, 5.74) is 0. The Morgan fingerprint density at radius 2 is 1.93 bits per heavy atom. The van der Waals surface area contributed by atoms with E-state index in [1.54, 1.807) is 19.2 Å². The summed E-state index contributed by atoms with van der Waals surface area (Å²) in [6.07, 6.45) is -2.69. The third kappa shape index (κ3) is 3.68. The van der Waals surface area contributed by atoms with Gasteiger partial charge in [0.2, 0.25) is 0 Å². The number of amides is 1. The Hall–Kier alpha value is -1.20. The molecule has 0 heterocycles. The quantitative estimate of drug-likeness (QED) is 0.705. The number of aliphatic carboxylic acids is 1. The normalized spacial score (nSPS) is 14.9. The number of nitrogens with one attached hydrogen (secondary N) is 1. The summed E-state index contributed by atoms with van der Waals surface area (Å²) in [7, 11) is 0. The smallest absolute Gasteiger partial charge is 0.326 e. The summed E-state index contributed by atoms with van der Waals surface area (Å²) >= 11 is 0. The molecule has 2 unspecified atom stereocenters. The standard InChI is InChI=1S/C8H13F2NO3/c1-3-4(2)5(8(13)14)11-7(12)6(9)10/h4-6H,3H2,1-2H3,(H,11,12)(H,13,14). The number of carbonyl (C=O) groups excluding carboxylic acids is 1. The molecule has 82 valence electrons. The maximum Gasteiger partial charge on any atom is 0.326 e. The molecule has 2 N–H and O–H groups in total. The van der Waals surface area contributed by atoms with E-state index in [0.29, 0.717) is 6.42 Å². The van der Waals surface area contributed by atoms with Crippen LogP contribution in [0.2, 0.25) is 0 Å². The van der Waals surface area contributed by atoms with Gasteiger partial charge < -0.3 is 10.4 Å². The minimum Gasteiger partial charge on any atom is -0.480 e. The Labute approximate surface area is 80.3 Å². The largest absolute Gasteiger partial charge is 0.480 e. The van der Waals surface area contributed by atoms with Crippen LogP contribution in [0, 0.1) is 5.92 Å². The highest BCUT2D eigenvalue weighted by Crippen LogP contribution is 2.08. The molecule has 6 heteroatoms. The van der Waals surface area contributed by atoms with E-state index in [1.807, 2.05) is 0 Å². The highest BCUT2D eigenvalue weighted by atomic mass is 19.3. The van der Waals surface area contributed by atoms with Crippen molar-refractivity contribution in [3.05, 3.63) is 0 Å². The van der Waals surface area contributed by atoms with Gasteiger partial charge in [0.15, 0.2) is 0 Å². The molecule has 14 heavy (non-hydrogen) atoms. The summed E-state index contributed by atoms with van der Waals surface area (Å²) in [4.78, 5) is 21.2. The number of carboxylic acid groups (broad SMARTS) is 1. The van der Waals surface area contributed by atoms with Crippen molar-refractivity contribution in [3.8, 4) is 0 Å². The Morgan fingerprint density at radius 1 is 1.43 bits per heavy atom. The molecule has 0 aromatic carbocycles. The molecule has 0 aromatic heterocycles. The predicted octanol–water partition coefficient (Wildman–Crippen LogP) is 0.867. The monoisotopic (exact) mass is 209 g/mol. The summed E-state index contributed by atoms with van der Waals surface area (Å²) in [5.74, 6) is -3.22. The minimum atomic E-state index is -3.18. The van der Waals surface area contributed by atoms with Crippen molar-refractivity contribution >= 4 is 11.9 Å². The second kappa shape index (κ2) is 5.51. The van der Waals surface area contributed by atoms with Crippen molar-refractivity contribution in [2.24, 2.45) is 5.92 Å². The van der Waals surface area contributed by atoms with Crippen LogP contribution in [0.5, 0.6) is 0 Å². The molecule has 0 spiro atoms. The van der Waals surface area contributed by atoms with Crippen LogP contribution in [0.15, 0.2) is 0 Å². The fourth-order valence-electron chi connectivity index (χ4n) is 0.899. The SMILES string of the molecule is CCC(C)C(NC(=O)C(F)F)C(=O)O. The van der Waals surface area contributed by atoms with Crippen molar-refractivity contribution in [1.29, 1.82) is 0 Å². The van der Waals surface area contributed by atoms with Crippen LogP contribution in [0.1, 0.15) is 20.3 Å². The van der Waals surface area contributed by atoms with Crippen LogP contribution < -0.4 is 5.32 Å². The number of rotatable bonds is 5. The molecule has 2 atom stereocenters. The van der Waals surface area contributed by atoms with Crippen molar-refractivity contribution in [3.63, 3.8) is 0 Å². The highest BCUT2D eigenvalue weighted by molar-refractivity contribution is 5.85. The van der Waals surface area contributed by atoms with Gasteiger partial charge >= 0.3 is 12.4 Å². The van der Waals surface area contributed by atoms with Crippen molar-refractivity contribution < 1.29 is 23.5 Å². The lowest BCUT2D eigenvalue weighted by Gasteiger charge is -2.19. The first-order valence-corrected chi connectivity index (χ1v) is 4.21. The lowest BCUT2D eigenvalue weighted by atomic mass is 9.99. The molecule has 0 aromatic rings. The molecule has 0 aliphatic rings. The fourth-order valence-corrected chi connectivity index (χ4v) is 0.899. The lowest BCUT2D eigenvalue weighted by molar-refractivity contribution is -0.145. The average molecular weight is 209 g/mol. The zero-order chi connectivity index (χ0) is 11.3. The number of halogens is 2. The van der Waals surface area contributed by atoms with Crippen molar-refractivity contribution in [1.82, 2.24) is 5.32 Å². The molecule has 0 radical (unpaired) electrons. The molecular formula is C8H13F2NO3. The van der Waals surface area contributed by atoms with Gasteiger partial charge in [-0.2, -0.15) is 8.78 Å². The van der Waals surface area contributed by atoms with Gasteiger partial charge in [-0.1, -0.05) is 20.3 Å². The van der Waals surface area contributed by atoms with Gasteiger partial charge in [-0.05, 0) is 5.92 Å². The van der Waals surface area contributed by atoms with Crippen LogP contribution in [-0.2, 0) is 9.59 Å². The Balaban J connectivity index is 4.38. The van der Waals surface area contributed by atoms with E-state index in [0.717, 1.165) is 0 Å². The van der Waals surface area contributed by atoms with E-state index in [1.165, 1.54) is 0 Å². The van der Waals surface area contributed by atoms with Gasteiger partial charge in [-0.25, -0.2) is 4.79 Å². The number of hydrogen-bond acceptors (Lipinski definition) is 2. The van der Waals surface area contributed by atoms with E-state index in [4.69, 9.17) is 5.11 Å². The van der Waals surface area contributed by atoms with Gasteiger partial charge in [-0.3, -0.25) is 4.79 Å². The van der Waals surface area contributed by atoms with Gasteiger partial charge in [0.25, 0.3) is 5.91 Å². The molecule has 0 aliphatic carbocycles. The summed E-state index contributed by atoms with van der Waals surface area (Å²) < 4.78 is 23.6.